The molecule has 0 aromatic carbocycles. The summed E-state index contributed by atoms with van der Waals surface area (Å²) in [7, 11) is 0. The lowest BCUT2D eigenvalue weighted by molar-refractivity contribution is 0.235. The fraction of sp³-hybridized carbons (Fsp3) is 1.00. The number of aliphatic hydroxyl groups is 1. The molecule has 2 nitrogen and oxygen atoms in total. The van der Waals surface area contributed by atoms with E-state index in [-0.39, 0.29) is 18.3 Å². The predicted octanol–water partition coefficient (Wildman–Crippen LogP) is 0.690. The Morgan fingerprint density at radius 1 is 1.44 bits per heavy atom. The van der Waals surface area contributed by atoms with Gasteiger partial charge in [-0.3, -0.25) is 0 Å². The fourth-order valence-electron chi connectivity index (χ4n) is 1.87. The van der Waals surface area contributed by atoms with Gasteiger partial charge in [0, 0.05) is 0 Å². The molecule has 0 radical (unpaired) electrons. The van der Waals surface area contributed by atoms with Crippen molar-refractivity contribution in [3.63, 3.8) is 0 Å². The minimum absolute atomic E-state index is 0.161. The average molecular weight is 128 g/mol. The topological polar surface area (TPSA) is 32.8 Å². The third-order valence-corrected chi connectivity index (χ3v) is 2.52. The van der Waals surface area contributed by atoms with Gasteiger partial charge in [-0.05, 0) is 12.8 Å². The summed E-state index contributed by atoms with van der Waals surface area (Å²) in [5.41, 5.74) is 0.161. The van der Waals surface area contributed by atoms with Gasteiger partial charge in [0.1, 0.15) is 6.10 Å². The average Bonchev–Trinajstić information content (AvgIpc) is 2.30. The van der Waals surface area contributed by atoms with Crippen molar-refractivity contribution < 1.29 is 9.84 Å². The van der Waals surface area contributed by atoms with E-state index in [1.54, 1.807) is 0 Å². The molecule has 2 aliphatic rings. The van der Waals surface area contributed by atoms with Crippen LogP contribution in [0.3, 0.4) is 0 Å². The number of aliphatic hydroxyl groups excluding tert-OH is 1. The van der Waals surface area contributed by atoms with Crippen molar-refractivity contribution in [1.82, 2.24) is 0 Å². The summed E-state index contributed by atoms with van der Waals surface area (Å²) in [6.45, 7) is 0.222. The lowest BCUT2D eigenvalue weighted by Crippen LogP contribution is -2.11. The Hall–Kier alpha value is -0.0800. The molecule has 2 heteroatoms. The van der Waals surface area contributed by atoms with E-state index in [0.29, 0.717) is 0 Å². The van der Waals surface area contributed by atoms with Crippen LogP contribution in [0.2, 0.25) is 0 Å². The molecule has 1 N–H and O–H groups in total. The molecule has 9 heavy (non-hydrogen) atoms. The minimum atomic E-state index is 0.161. The quantitative estimate of drug-likeness (QED) is 0.527. The van der Waals surface area contributed by atoms with E-state index in [1.807, 2.05) is 0 Å². The van der Waals surface area contributed by atoms with E-state index in [1.165, 1.54) is 25.7 Å². The van der Waals surface area contributed by atoms with Gasteiger partial charge in [0.15, 0.2) is 0 Å². The molecule has 1 aliphatic carbocycles. The van der Waals surface area contributed by atoms with E-state index < -0.39 is 0 Å². The number of hydrogen-bond acceptors (Lipinski definition) is 2. The smallest absolute Gasteiger partial charge is 0.110 e. The van der Waals surface area contributed by atoms with Gasteiger partial charge in [-0.15, -0.1) is 0 Å². The van der Waals surface area contributed by atoms with Gasteiger partial charge in [-0.25, -0.2) is 0 Å². The molecule has 52 valence electrons. The summed E-state index contributed by atoms with van der Waals surface area (Å²) in [6, 6.07) is 0. The van der Waals surface area contributed by atoms with E-state index in [4.69, 9.17) is 9.84 Å². The molecule has 1 saturated carbocycles. The molecule has 2 rings (SSSR count). The van der Waals surface area contributed by atoms with Gasteiger partial charge < -0.3 is 9.84 Å². The largest absolute Gasteiger partial charge is 0.394 e. The van der Waals surface area contributed by atoms with Crippen LogP contribution in [0, 0.1) is 0 Å². The Bertz CT molecular complexity index is 116. The van der Waals surface area contributed by atoms with E-state index in [9.17, 15) is 0 Å². The van der Waals surface area contributed by atoms with Gasteiger partial charge in [0.05, 0.1) is 12.2 Å². The monoisotopic (exact) mass is 128 g/mol. The first-order chi connectivity index (χ1) is 4.37. The van der Waals surface area contributed by atoms with E-state index in [2.05, 4.69) is 0 Å². The summed E-state index contributed by atoms with van der Waals surface area (Å²) in [5, 5.41) is 8.71. The maximum absolute atomic E-state index is 8.71. The van der Waals surface area contributed by atoms with Crippen LogP contribution in [0.1, 0.15) is 25.7 Å². The van der Waals surface area contributed by atoms with Crippen LogP contribution < -0.4 is 0 Å². The molecule has 1 saturated heterocycles. The third kappa shape index (κ3) is 0.700. The van der Waals surface area contributed by atoms with Crippen molar-refractivity contribution in [3.8, 4) is 0 Å². The molecule has 1 heterocycles. The van der Waals surface area contributed by atoms with Gasteiger partial charge in [0.25, 0.3) is 0 Å². The van der Waals surface area contributed by atoms with Crippen LogP contribution in [-0.4, -0.2) is 23.4 Å². The molecular weight excluding hydrogens is 116 g/mol. The maximum atomic E-state index is 8.71. The highest BCUT2D eigenvalue weighted by Gasteiger charge is 2.56. The second kappa shape index (κ2) is 1.70. The lowest BCUT2D eigenvalue weighted by atomic mass is 10.1. The summed E-state index contributed by atoms with van der Waals surface area (Å²) in [5.74, 6) is 0. The Morgan fingerprint density at radius 2 is 2.11 bits per heavy atom. The molecule has 0 bridgehead atoms. The van der Waals surface area contributed by atoms with Crippen molar-refractivity contribution in [2.24, 2.45) is 0 Å². The number of rotatable bonds is 1. The first kappa shape index (κ1) is 5.69. The Kier molecular flexibility index (Phi) is 1.08. The summed E-state index contributed by atoms with van der Waals surface area (Å²) >= 11 is 0. The molecule has 0 aromatic rings. The van der Waals surface area contributed by atoms with Gasteiger partial charge in [-0.2, -0.15) is 0 Å². The summed E-state index contributed by atoms with van der Waals surface area (Å²) in [4.78, 5) is 0. The first-order valence-corrected chi connectivity index (χ1v) is 3.66. The Balaban J connectivity index is 1.97. The van der Waals surface area contributed by atoms with Crippen molar-refractivity contribution in [1.29, 1.82) is 0 Å². The Labute approximate surface area is 54.8 Å². The molecule has 1 spiro atoms. The van der Waals surface area contributed by atoms with Gasteiger partial charge in [0.2, 0.25) is 0 Å². The summed E-state index contributed by atoms with van der Waals surface area (Å²) in [6.07, 6.45) is 5.13. The van der Waals surface area contributed by atoms with E-state index in [0.717, 1.165) is 0 Å². The highest BCUT2D eigenvalue weighted by molar-refractivity contribution is 5.05. The highest BCUT2D eigenvalue weighted by atomic mass is 16.6. The summed E-state index contributed by atoms with van der Waals surface area (Å²) < 4.78 is 5.36. The second-order valence-corrected chi connectivity index (χ2v) is 3.06. The molecule has 0 unspecified atom stereocenters. The lowest BCUT2D eigenvalue weighted by Gasteiger charge is -1.97. The minimum Gasteiger partial charge on any atom is -0.394 e. The zero-order valence-corrected chi connectivity index (χ0v) is 5.47. The molecule has 0 amide bonds. The molecule has 0 aromatic heterocycles. The van der Waals surface area contributed by atoms with Crippen LogP contribution in [0.25, 0.3) is 0 Å². The zero-order chi connectivity index (χ0) is 6.32. The van der Waals surface area contributed by atoms with Crippen molar-refractivity contribution >= 4 is 0 Å². The highest BCUT2D eigenvalue weighted by Crippen LogP contribution is 2.49. The Morgan fingerprint density at radius 3 is 2.56 bits per heavy atom. The van der Waals surface area contributed by atoms with Crippen LogP contribution >= 0.6 is 0 Å². The SMILES string of the molecule is OC[C@H]1OC12CCCC2. The van der Waals surface area contributed by atoms with Crippen LogP contribution in [0.15, 0.2) is 0 Å². The second-order valence-electron chi connectivity index (χ2n) is 3.06. The van der Waals surface area contributed by atoms with Crippen molar-refractivity contribution in [3.05, 3.63) is 0 Å². The number of epoxide rings is 1. The third-order valence-electron chi connectivity index (χ3n) is 2.52. The van der Waals surface area contributed by atoms with Crippen LogP contribution in [-0.2, 0) is 4.74 Å². The predicted molar refractivity (Wildman–Crippen MR) is 33.2 cm³/mol. The fourth-order valence-corrected chi connectivity index (χ4v) is 1.87. The van der Waals surface area contributed by atoms with Gasteiger partial charge >= 0.3 is 0 Å². The first-order valence-electron chi connectivity index (χ1n) is 3.66. The van der Waals surface area contributed by atoms with Gasteiger partial charge in [-0.1, -0.05) is 12.8 Å². The molecule has 2 fully saturated rings. The van der Waals surface area contributed by atoms with Crippen molar-refractivity contribution in [2.75, 3.05) is 6.61 Å². The molecule has 1 aliphatic heterocycles. The number of ether oxygens (including phenoxy) is 1. The van der Waals surface area contributed by atoms with Crippen LogP contribution in [0.4, 0.5) is 0 Å². The standard InChI is InChI=1S/C7H12O2/c8-5-6-7(9-6)3-1-2-4-7/h6,8H,1-5H2/t6-/m1/s1. The maximum Gasteiger partial charge on any atom is 0.110 e. The van der Waals surface area contributed by atoms with Crippen LogP contribution in [0.5, 0.6) is 0 Å². The number of hydrogen-bond donors (Lipinski definition) is 1. The normalized spacial score (nSPS) is 37.7. The van der Waals surface area contributed by atoms with E-state index >= 15 is 0 Å². The molecule has 1 atom stereocenters. The van der Waals surface area contributed by atoms with Crippen molar-refractivity contribution in [2.45, 2.75) is 37.4 Å². The zero-order valence-electron chi connectivity index (χ0n) is 5.47. The molecular formula is C7H12O2.